The van der Waals surface area contributed by atoms with E-state index in [4.69, 9.17) is 4.74 Å². The quantitative estimate of drug-likeness (QED) is 0.827. The van der Waals surface area contributed by atoms with Gasteiger partial charge in [-0.15, -0.1) is 0 Å². The highest BCUT2D eigenvalue weighted by molar-refractivity contribution is 5.40. The first kappa shape index (κ1) is 14.0. The zero-order valence-corrected chi connectivity index (χ0v) is 11.1. The molecule has 0 saturated carbocycles. The molecular weight excluding hydrogens is 216 g/mol. The summed E-state index contributed by atoms with van der Waals surface area (Å²) in [5, 5.41) is 18.8. The summed E-state index contributed by atoms with van der Waals surface area (Å²) in [6, 6.07) is 3.84. The first-order valence-electron chi connectivity index (χ1n) is 5.89. The lowest BCUT2D eigenvalue weighted by Gasteiger charge is -2.18. The van der Waals surface area contributed by atoms with Crippen LogP contribution in [0.4, 0.5) is 0 Å². The Morgan fingerprint density at radius 3 is 2.12 bits per heavy atom. The number of aryl methyl sites for hydroxylation is 2. The molecule has 0 radical (unpaired) electrons. The molecule has 1 aromatic rings. The van der Waals surface area contributed by atoms with Crippen molar-refractivity contribution in [2.75, 3.05) is 6.61 Å². The second kappa shape index (κ2) is 5.52. The van der Waals surface area contributed by atoms with Crippen LogP contribution in [0.5, 0.6) is 5.75 Å². The standard InChI is InChI=1S/C14H22O3/c1-10-7-12(8-11(2)13(10)9-15)17-6-5-14(3,4)16/h7-8,15-16H,5-6,9H2,1-4H3. The topological polar surface area (TPSA) is 49.7 Å². The molecule has 0 aliphatic carbocycles. The van der Waals surface area contributed by atoms with Gasteiger partial charge < -0.3 is 14.9 Å². The highest BCUT2D eigenvalue weighted by Crippen LogP contribution is 2.22. The summed E-state index contributed by atoms with van der Waals surface area (Å²) in [5.74, 6) is 0.793. The molecule has 3 heteroatoms. The maximum atomic E-state index is 9.57. The molecule has 0 saturated heterocycles. The highest BCUT2D eigenvalue weighted by Gasteiger charge is 2.12. The van der Waals surface area contributed by atoms with Gasteiger partial charge in [0.2, 0.25) is 0 Å². The average Bonchev–Trinajstić information content (AvgIpc) is 2.15. The van der Waals surface area contributed by atoms with Crippen molar-refractivity contribution in [3.63, 3.8) is 0 Å². The summed E-state index contributed by atoms with van der Waals surface area (Å²) in [6.07, 6.45) is 0.590. The molecule has 0 bridgehead atoms. The fraction of sp³-hybridized carbons (Fsp3) is 0.571. The summed E-state index contributed by atoms with van der Waals surface area (Å²) < 4.78 is 5.60. The molecule has 96 valence electrons. The average molecular weight is 238 g/mol. The Hall–Kier alpha value is -1.06. The Morgan fingerprint density at radius 2 is 1.71 bits per heavy atom. The summed E-state index contributed by atoms with van der Waals surface area (Å²) in [5.41, 5.74) is 2.33. The number of aliphatic hydroxyl groups excluding tert-OH is 1. The molecule has 0 fully saturated rings. The van der Waals surface area contributed by atoms with Crippen molar-refractivity contribution in [2.24, 2.45) is 0 Å². The van der Waals surface area contributed by atoms with Crippen molar-refractivity contribution in [3.8, 4) is 5.75 Å². The Kier molecular flexibility index (Phi) is 4.54. The van der Waals surface area contributed by atoms with Crippen LogP contribution in [0.15, 0.2) is 12.1 Å². The minimum absolute atomic E-state index is 0.0572. The molecule has 0 amide bonds. The Labute approximate surface area is 103 Å². The van der Waals surface area contributed by atoms with Crippen molar-refractivity contribution in [3.05, 3.63) is 28.8 Å². The summed E-state index contributed by atoms with van der Waals surface area (Å²) in [7, 11) is 0. The molecule has 1 aromatic carbocycles. The van der Waals surface area contributed by atoms with Crippen LogP contribution >= 0.6 is 0 Å². The van der Waals surface area contributed by atoms with Crippen LogP contribution in [0.1, 0.15) is 37.0 Å². The van der Waals surface area contributed by atoms with Crippen molar-refractivity contribution >= 4 is 0 Å². The third-order valence-corrected chi connectivity index (χ3v) is 2.81. The van der Waals surface area contributed by atoms with Gasteiger partial charge in [-0.2, -0.15) is 0 Å². The molecule has 1 rings (SSSR count). The predicted octanol–water partition coefficient (Wildman–Crippen LogP) is 2.34. The van der Waals surface area contributed by atoms with Gasteiger partial charge in [0.05, 0.1) is 18.8 Å². The van der Waals surface area contributed by atoms with Crippen molar-refractivity contribution < 1.29 is 14.9 Å². The van der Waals surface area contributed by atoms with Gasteiger partial charge in [0.1, 0.15) is 5.75 Å². The van der Waals surface area contributed by atoms with Crippen LogP contribution in [-0.2, 0) is 6.61 Å². The van der Waals surface area contributed by atoms with Crippen LogP contribution in [0.2, 0.25) is 0 Å². The molecule has 17 heavy (non-hydrogen) atoms. The highest BCUT2D eigenvalue weighted by atomic mass is 16.5. The number of rotatable bonds is 5. The summed E-state index contributed by atoms with van der Waals surface area (Å²) in [6.45, 7) is 7.99. The molecule has 0 unspecified atom stereocenters. The Bertz CT molecular complexity index is 355. The molecule has 0 aliphatic heterocycles. The van der Waals surface area contributed by atoms with Crippen LogP contribution in [0, 0.1) is 13.8 Å². The van der Waals surface area contributed by atoms with Gasteiger partial charge in [-0.3, -0.25) is 0 Å². The van der Waals surface area contributed by atoms with E-state index in [0.29, 0.717) is 13.0 Å². The maximum Gasteiger partial charge on any atom is 0.119 e. The molecule has 2 N–H and O–H groups in total. The molecule has 0 aromatic heterocycles. The summed E-state index contributed by atoms with van der Waals surface area (Å²) >= 11 is 0. The van der Waals surface area contributed by atoms with E-state index in [0.717, 1.165) is 22.4 Å². The smallest absolute Gasteiger partial charge is 0.119 e. The van der Waals surface area contributed by atoms with E-state index in [1.807, 2.05) is 26.0 Å². The largest absolute Gasteiger partial charge is 0.493 e. The van der Waals surface area contributed by atoms with Gasteiger partial charge in [0.15, 0.2) is 0 Å². The van der Waals surface area contributed by atoms with E-state index >= 15 is 0 Å². The van der Waals surface area contributed by atoms with E-state index < -0.39 is 5.60 Å². The fourth-order valence-electron chi connectivity index (χ4n) is 1.71. The third-order valence-electron chi connectivity index (χ3n) is 2.81. The van der Waals surface area contributed by atoms with Gasteiger partial charge >= 0.3 is 0 Å². The van der Waals surface area contributed by atoms with Gasteiger partial charge in [0.25, 0.3) is 0 Å². The Morgan fingerprint density at radius 1 is 1.18 bits per heavy atom. The van der Waals surface area contributed by atoms with Crippen LogP contribution < -0.4 is 4.74 Å². The number of hydrogen-bond donors (Lipinski definition) is 2. The first-order chi connectivity index (χ1) is 7.83. The van der Waals surface area contributed by atoms with Crippen LogP contribution in [0.25, 0.3) is 0 Å². The maximum absolute atomic E-state index is 9.57. The minimum atomic E-state index is -0.699. The van der Waals surface area contributed by atoms with Crippen molar-refractivity contribution in [1.29, 1.82) is 0 Å². The minimum Gasteiger partial charge on any atom is -0.493 e. The number of ether oxygens (including phenoxy) is 1. The number of benzene rings is 1. The molecule has 0 heterocycles. The van der Waals surface area contributed by atoms with Crippen LogP contribution in [0.3, 0.4) is 0 Å². The van der Waals surface area contributed by atoms with E-state index in [1.165, 1.54) is 0 Å². The zero-order chi connectivity index (χ0) is 13.1. The van der Waals surface area contributed by atoms with Gasteiger partial charge in [-0.05, 0) is 56.5 Å². The lowest BCUT2D eigenvalue weighted by atomic mass is 10.0. The molecular formula is C14H22O3. The van der Waals surface area contributed by atoms with Gasteiger partial charge in [0, 0.05) is 6.42 Å². The number of hydrogen-bond acceptors (Lipinski definition) is 3. The van der Waals surface area contributed by atoms with E-state index in [-0.39, 0.29) is 6.61 Å². The molecule has 3 nitrogen and oxygen atoms in total. The third kappa shape index (κ3) is 4.36. The molecule has 0 atom stereocenters. The van der Waals surface area contributed by atoms with Crippen LogP contribution in [-0.4, -0.2) is 22.4 Å². The van der Waals surface area contributed by atoms with Crippen molar-refractivity contribution in [2.45, 2.75) is 46.3 Å². The lowest BCUT2D eigenvalue weighted by Crippen LogP contribution is -2.21. The van der Waals surface area contributed by atoms with Gasteiger partial charge in [-0.25, -0.2) is 0 Å². The number of aliphatic hydroxyl groups is 2. The molecule has 0 aliphatic rings. The van der Waals surface area contributed by atoms with E-state index in [2.05, 4.69) is 0 Å². The van der Waals surface area contributed by atoms with Gasteiger partial charge in [-0.1, -0.05) is 0 Å². The zero-order valence-electron chi connectivity index (χ0n) is 11.1. The fourth-order valence-corrected chi connectivity index (χ4v) is 1.71. The predicted molar refractivity (Wildman–Crippen MR) is 68.2 cm³/mol. The second-order valence-electron chi connectivity index (χ2n) is 5.10. The first-order valence-corrected chi connectivity index (χ1v) is 5.89. The molecule has 0 spiro atoms. The second-order valence-corrected chi connectivity index (χ2v) is 5.10. The van der Waals surface area contributed by atoms with Crippen molar-refractivity contribution in [1.82, 2.24) is 0 Å². The van der Waals surface area contributed by atoms with E-state index in [1.54, 1.807) is 13.8 Å². The lowest BCUT2D eigenvalue weighted by molar-refractivity contribution is 0.0553. The SMILES string of the molecule is Cc1cc(OCCC(C)(C)O)cc(C)c1CO. The monoisotopic (exact) mass is 238 g/mol. The summed E-state index contributed by atoms with van der Waals surface area (Å²) in [4.78, 5) is 0. The normalized spacial score (nSPS) is 11.6. The van der Waals surface area contributed by atoms with E-state index in [9.17, 15) is 10.2 Å². The Balaban J connectivity index is 2.67.